The van der Waals surface area contributed by atoms with Gasteiger partial charge in [-0.15, -0.1) is 0 Å². The van der Waals surface area contributed by atoms with E-state index in [0.29, 0.717) is 0 Å². The third kappa shape index (κ3) is 2.54. The van der Waals surface area contributed by atoms with Gasteiger partial charge in [0.05, 0.1) is 6.10 Å². The molecule has 1 aliphatic rings. The van der Waals surface area contributed by atoms with Crippen LogP contribution in [0.4, 0.5) is 0 Å². The third-order valence-corrected chi connectivity index (χ3v) is 4.61. The van der Waals surface area contributed by atoms with Crippen LogP contribution >= 0.6 is 0 Å². The summed E-state index contributed by atoms with van der Waals surface area (Å²) in [6.45, 7) is 2.22. The van der Waals surface area contributed by atoms with E-state index in [-0.39, 0.29) is 11.5 Å². The summed E-state index contributed by atoms with van der Waals surface area (Å²) in [5.41, 5.74) is 1.42. The highest BCUT2D eigenvalue weighted by molar-refractivity contribution is 5.01. The molecular formula is C14H24N2O. The van der Waals surface area contributed by atoms with Crippen molar-refractivity contribution in [2.45, 2.75) is 58.0 Å². The Morgan fingerprint density at radius 2 is 2.18 bits per heavy atom. The van der Waals surface area contributed by atoms with E-state index in [2.05, 4.69) is 12.0 Å². The fraction of sp³-hybridized carbons (Fsp3) is 0.786. The lowest BCUT2D eigenvalue weighted by atomic mass is 9.76. The SMILES string of the molecule is CCC1(C(O)CCc2ccnn2C)CCCC1. The van der Waals surface area contributed by atoms with Gasteiger partial charge in [-0.05, 0) is 43.6 Å². The Labute approximate surface area is 104 Å². The maximum Gasteiger partial charge on any atom is 0.0600 e. The van der Waals surface area contributed by atoms with E-state index in [1.165, 1.54) is 31.4 Å². The highest BCUT2D eigenvalue weighted by Crippen LogP contribution is 2.44. The van der Waals surface area contributed by atoms with Gasteiger partial charge in [-0.3, -0.25) is 4.68 Å². The highest BCUT2D eigenvalue weighted by Gasteiger charge is 2.38. The number of aryl methyl sites for hydroxylation is 2. The summed E-state index contributed by atoms with van der Waals surface area (Å²) in [5.74, 6) is 0. The summed E-state index contributed by atoms with van der Waals surface area (Å²) in [4.78, 5) is 0. The first kappa shape index (κ1) is 12.6. The Kier molecular flexibility index (Phi) is 3.87. The van der Waals surface area contributed by atoms with E-state index in [0.717, 1.165) is 19.3 Å². The first-order valence-electron chi connectivity index (χ1n) is 6.83. The minimum atomic E-state index is -0.148. The topological polar surface area (TPSA) is 38.1 Å². The van der Waals surface area contributed by atoms with E-state index >= 15 is 0 Å². The maximum atomic E-state index is 10.5. The van der Waals surface area contributed by atoms with Crippen LogP contribution in [0.15, 0.2) is 12.3 Å². The lowest BCUT2D eigenvalue weighted by Gasteiger charge is -2.33. The number of hydrogen-bond acceptors (Lipinski definition) is 2. The summed E-state index contributed by atoms with van der Waals surface area (Å²) in [5, 5.41) is 14.6. The Balaban J connectivity index is 1.92. The normalized spacial score (nSPS) is 20.6. The van der Waals surface area contributed by atoms with Gasteiger partial charge in [-0.25, -0.2) is 0 Å². The lowest BCUT2D eigenvalue weighted by molar-refractivity contribution is 0.0189. The standard InChI is InChI=1S/C14H24N2O/c1-3-14(9-4-5-10-14)13(17)7-6-12-8-11-15-16(12)2/h8,11,13,17H,3-7,9-10H2,1-2H3. The predicted molar refractivity (Wildman–Crippen MR) is 68.7 cm³/mol. The Hall–Kier alpha value is -0.830. The average molecular weight is 236 g/mol. The molecule has 96 valence electrons. The zero-order chi connectivity index (χ0) is 12.3. The number of hydrogen-bond donors (Lipinski definition) is 1. The number of aliphatic hydroxyl groups excluding tert-OH is 1. The molecule has 1 aliphatic carbocycles. The van der Waals surface area contributed by atoms with Crippen molar-refractivity contribution in [1.82, 2.24) is 9.78 Å². The summed E-state index contributed by atoms with van der Waals surface area (Å²) in [6.07, 6.45) is 9.57. The largest absolute Gasteiger partial charge is 0.393 e. The second-order valence-corrected chi connectivity index (χ2v) is 5.42. The molecule has 17 heavy (non-hydrogen) atoms. The van der Waals surface area contributed by atoms with Crippen molar-refractivity contribution in [3.8, 4) is 0 Å². The lowest BCUT2D eigenvalue weighted by Crippen LogP contribution is -2.32. The van der Waals surface area contributed by atoms with Crippen molar-refractivity contribution in [3.05, 3.63) is 18.0 Å². The van der Waals surface area contributed by atoms with Gasteiger partial charge in [0.25, 0.3) is 0 Å². The smallest absolute Gasteiger partial charge is 0.0600 e. The van der Waals surface area contributed by atoms with Crippen LogP contribution in [0, 0.1) is 5.41 Å². The van der Waals surface area contributed by atoms with Crippen LogP contribution in [-0.4, -0.2) is 21.0 Å². The van der Waals surface area contributed by atoms with Gasteiger partial charge in [-0.2, -0.15) is 5.10 Å². The third-order valence-electron chi connectivity index (χ3n) is 4.61. The van der Waals surface area contributed by atoms with E-state index in [1.54, 1.807) is 0 Å². The van der Waals surface area contributed by atoms with E-state index in [9.17, 15) is 5.11 Å². The van der Waals surface area contributed by atoms with Crippen LogP contribution in [0.5, 0.6) is 0 Å². The molecule has 0 spiro atoms. The van der Waals surface area contributed by atoms with Gasteiger partial charge < -0.3 is 5.11 Å². The van der Waals surface area contributed by atoms with Crippen molar-refractivity contribution < 1.29 is 5.11 Å². The Bertz CT molecular complexity index is 353. The molecule has 1 fully saturated rings. The summed E-state index contributed by atoms with van der Waals surface area (Å²) < 4.78 is 1.90. The van der Waals surface area contributed by atoms with Crippen LogP contribution < -0.4 is 0 Å². The van der Waals surface area contributed by atoms with E-state index in [1.807, 2.05) is 24.0 Å². The number of aliphatic hydroxyl groups is 1. The monoisotopic (exact) mass is 236 g/mol. The molecule has 3 nitrogen and oxygen atoms in total. The van der Waals surface area contributed by atoms with Crippen molar-refractivity contribution in [1.29, 1.82) is 0 Å². The Morgan fingerprint density at radius 3 is 2.71 bits per heavy atom. The molecule has 1 N–H and O–H groups in total. The maximum absolute atomic E-state index is 10.5. The molecule has 1 aromatic heterocycles. The molecule has 0 radical (unpaired) electrons. The fourth-order valence-corrected chi connectivity index (χ4v) is 3.24. The van der Waals surface area contributed by atoms with Crippen LogP contribution in [-0.2, 0) is 13.5 Å². The molecule has 1 atom stereocenters. The van der Waals surface area contributed by atoms with Gasteiger partial charge >= 0.3 is 0 Å². The highest BCUT2D eigenvalue weighted by atomic mass is 16.3. The van der Waals surface area contributed by atoms with Gasteiger partial charge in [0, 0.05) is 18.9 Å². The zero-order valence-corrected chi connectivity index (χ0v) is 11.0. The number of nitrogens with zero attached hydrogens (tertiary/aromatic N) is 2. The van der Waals surface area contributed by atoms with E-state index in [4.69, 9.17) is 0 Å². The first-order valence-corrected chi connectivity index (χ1v) is 6.83. The molecule has 0 amide bonds. The molecule has 0 bridgehead atoms. The van der Waals surface area contributed by atoms with Crippen LogP contribution in [0.1, 0.15) is 51.1 Å². The van der Waals surface area contributed by atoms with Crippen molar-refractivity contribution in [2.24, 2.45) is 12.5 Å². The minimum Gasteiger partial charge on any atom is -0.393 e. The molecule has 1 saturated carbocycles. The van der Waals surface area contributed by atoms with Gasteiger partial charge in [-0.1, -0.05) is 19.8 Å². The quantitative estimate of drug-likeness (QED) is 0.853. The van der Waals surface area contributed by atoms with Crippen LogP contribution in [0.25, 0.3) is 0 Å². The van der Waals surface area contributed by atoms with E-state index < -0.39 is 0 Å². The average Bonchev–Trinajstić information content (AvgIpc) is 2.95. The number of rotatable bonds is 5. The first-order chi connectivity index (χ1) is 8.18. The molecule has 2 rings (SSSR count). The minimum absolute atomic E-state index is 0.148. The van der Waals surface area contributed by atoms with Crippen LogP contribution in [0.3, 0.4) is 0 Å². The summed E-state index contributed by atoms with van der Waals surface area (Å²) in [7, 11) is 1.97. The number of aromatic nitrogens is 2. The fourth-order valence-electron chi connectivity index (χ4n) is 3.24. The molecule has 1 unspecified atom stereocenters. The molecule has 3 heteroatoms. The molecule has 0 saturated heterocycles. The van der Waals surface area contributed by atoms with Crippen LogP contribution in [0.2, 0.25) is 0 Å². The molecule has 0 aliphatic heterocycles. The van der Waals surface area contributed by atoms with Gasteiger partial charge in [0.15, 0.2) is 0 Å². The molecule has 1 aromatic rings. The second-order valence-electron chi connectivity index (χ2n) is 5.42. The van der Waals surface area contributed by atoms with Crippen molar-refractivity contribution >= 4 is 0 Å². The summed E-state index contributed by atoms with van der Waals surface area (Å²) >= 11 is 0. The van der Waals surface area contributed by atoms with Gasteiger partial charge in [0.1, 0.15) is 0 Å². The molecular weight excluding hydrogens is 212 g/mol. The zero-order valence-electron chi connectivity index (χ0n) is 11.0. The molecule has 1 heterocycles. The van der Waals surface area contributed by atoms with Crippen molar-refractivity contribution in [2.75, 3.05) is 0 Å². The second kappa shape index (κ2) is 5.21. The molecule has 0 aromatic carbocycles. The van der Waals surface area contributed by atoms with Gasteiger partial charge in [0.2, 0.25) is 0 Å². The summed E-state index contributed by atoms with van der Waals surface area (Å²) in [6, 6.07) is 2.04. The van der Waals surface area contributed by atoms with Crippen molar-refractivity contribution in [3.63, 3.8) is 0 Å². The Morgan fingerprint density at radius 1 is 1.47 bits per heavy atom. The predicted octanol–water partition coefficient (Wildman–Crippen LogP) is 2.68.